The molecule has 1 amide bonds. The number of likely N-dealkylation sites (N-methyl/N-ethyl adjacent to an activating group) is 1. The Morgan fingerprint density at radius 2 is 1.92 bits per heavy atom. The number of carbonyl (C=O) groups excluding carboxylic acids is 1. The van der Waals surface area contributed by atoms with Crippen LogP contribution in [0.1, 0.15) is 10.5 Å². The van der Waals surface area contributed by atoms with Gasteiger partial charge in [0.15, 0.2) is 0 Å². The van der Waals surface area contributed by atoms with Crippen LogP contribution in [-0.4, -0.2) is 78.0 Å². The summed E-state index contributed by atoms with van der Waals surface area (Å²) in [6.45, 7) is 3.20. The van der Waals surface area contributed by atoms with E-state index >= 15 is 0 Å². The van der Waals surface area contributed by atoms with E-state index in [2.05, 4.69) is 26.9 Å². The van der Waals surface area contributed by atoms with E-state index < -0.39 is 0 Å². The number of hydrogen-bond acceptors (Lipinski definition) is 6. The highest BCUT2D eigenvalue weighted by Crippen LogP contribution is 2.25. The van der Waals surface area contributed by atoms with Crippen molar-refractivity contribution in [2.75, 3.05) is 52.2 Å². The SMILES string of the molecule is CN1CCN(C(=O)c2cncc(-c3cccnc3N(C)C)n2)CC1. The molecular weight excluding hydrogens is 304 g/mol. The fraction of sp³-hybridized carbons (Fsp3) is 0.412. The van der Waals surface area contributed by atoms with E-state index in [1.54, 1.807) is 12.4 Å². The second kappa shape index (κ2) is 6.92. The number of anilines is 1. The Morgan fingerprint density at radius 1 is 1.17 bits per heavy atom. The Bertz CT molecular complexity index is 725. The molecule has 7 heteroatoms. The van der Waals surface area contributed by atoms with E-state index in [1.165, 1.54) is 6.20 Å². The number of nitrogens with zero attached hydrogens (tertiary/aromatic N) is 6. The highest BCUT2D eigenvalue weighted by Gasteiger charge is 2.22. The van der Waals surface area contributed by atoms with Crippen molar-refractivity contribution >= 4 is 11.7 Å². The molecule has 0 aliphatic carbocycles. The van der Waals surface area contributed by atoms with Crippen LogP contribution in [0.4, 0.5) is 5.82 Å². The van der Waals surface area contributed by atoms with Gasteiger partial charge in [-0.25, -0.2) is 9.97 Å². The standard InChI is InChI=1S/C17H22N6O/c1-21(2)16-13(5-4-6-19-16)14-11-18-12-15(20-14)17(24)23-9-7-22(3)8-10-23/h4-6,11-12H,7-10H2,1-3H3. The first-order valence-corrected chi connectivity index (χ1v) is 7.99. The average molecular weight is 326 g/mol. The minimum absolute atomic E-state index is 0.0623. The van der Waals surface area contributed by atoms with Crippen LogP contribution in [-0.2, 0) is 0 Å². The number of hydrogen-bond donors (Lipinski definition) is 0. The van der Waals surface area contributed by atoms with E-state index in [1.807, 2.05) is 36.0 Å². The summed E-state index contributed by atoms with van der Waals surface area (Å²) < 4.78 is 0. The lowest BCUT2D eigenvalue weighted by atomic mass is 10.2. The largest absolute Gasteiger partial charge is 0.362 e. The second-order valence-corrected chi connectivity index (χ2v) is 6.15. The van der Waals surface area contributed by atoms with Crippen LogP contribution >= 0.6 is 0 Å². The lowest BCUT2D eigenvalue weighted by Crippen LogP contribution is -2.47. The topological polar surface area (TPSA) is 65.5 Å². The first-order valence-electron chi connectivity index (χ1n) is 7.99. The van der Waals surface area contributed by atoms with Crippen LogP contribution in [0.2, 0.25) is 0 Å². The number of rotatable bonds is 3. The van der Waals surface area contributed by atoms with E-state index in [9.17, 15) is 4.79 Å². The summed E-state index contributed by atoms with van der Waals surface area (Å²) in [5.74, 6) is 0.740. The summed E-state index contributed by atoms with van der Waals surface area (Å²) >= 11 is 0. The molecule has 1 aliphatic heterocycles. The van der Waals surface area contributed by atoms with Gasteiger partial charge in [0.1, 0.15) is 11.5 Å². The van der Waals surface area contributed by atoms with Gasteiger partial charge in [0, 0.05) is 52.0 Å². The zero-order chi connectivity index (χ0) is 17.1. The quantitative estimate of drug-likeness (QED) is 0.838. The van der Waals surface area contributed by atoms with Crippen molar-refractivity contribution < 1.29 is 4.79 Å². The van der Waals surface area contributed by atoms with Gasteiger partial charge in [0.05, 0.1) is 18.1 Å². The molecule has 0 spiro atoms. The zero-order valence-corrected chi connectivity index (χ0v) is 14.3. The maximum Gasteiger partial charge on any atom is 0.274 e. The first-order chi connectivity index (χ1) is 11.6. The van der Waals surface area contributed by atoms with Gasteiger partial charge < -0.3 is 14.7 Å². The lowest BCUT2D eigenvalue weighted by Gasteiger charge is -2.32. The number of carbonyl (C=O) groups is 1. The molecule has 3 heterocycles. The summed E-state index contributed by atoms with van der Waals surface area (Å²) in [4.78, 5) is 31.8. The van der Waals surface area contributed by atoms with Crippen LogP contribution < -0.4 is 4.90 Å². The third-order valence-electron chi connectivity index (χ3n) is 4.13. The average Bonchev–Trinajstić information content (AvgIpc) is 2.62. The minimum atomic E-state index is -0.0623. The molecule has 0 bridgehead atoms. The smallest absolute Gasteiger partial charge is 0.274 e. The molecule has 0 aromatic carbocycles. The Balaban J connectivity index is 1.89. The monoisotopic (exact) mass is 326 g/mol. The minimum Gasteiger partial charge on any atom is -0.362 e. The van der Waals surface area contributed by atoms with Gasteiger partial charge in [-0.3, -0.25) is 9.78 Å². The molecule has 2 aromatic heterocycles. The predicted octanol–water partition coefficient (Wildman–Crippen LogP) is 0.992. The Hall–Kier alpha value is -2.54. The fourth-order valence-electron chi connectivity index (χ4n) is 2.72. The normalized spacial score (nSPS) is 15.4. The van der Waals surface area contributed by atoms with Crippen LogP contribution in [0, 0.1) is 0 Å². The molecule has 1 aliphatic rings. The summed E-state index contributed by atoms with van der Waals surface area (Å²) in [7, 11) is 5.92. The van der Waals surface area contributed by atoms with Crippen molar-refractivity contribution in [3.05, 3.63) is 36.4 Å². The number of pyridine rings is 1. The van der Waals surface area contributed by atoms with Crippen molar-refractivity contribution in [1.82, 2.24) is 24.8 Å². The van der Waals surface area contributed by atoms with Crippen LogP contribution in [0.3, 0.4) is 0 Å². The summed E-state index contributed by atoms with van der Waals surface area (Å²) in [6.07, 6.45) is 4.95. The van der Waals surface area contributed by atoms with Gasteiger partial charge in [-0.05, 0) is 19.2 Å². The zero-order valence-electron chi connectivity index (χ0n) is 14.3. The highest BCUT2D eigenvalue weighted by molar-refractivity contribution is 5.92. The number of aromatic nitrogens is 3. The second-order valence-electron chi connectivity index (χ2n) is 6.15. The molecule has 0 saturated carbocycles. The maximum atomic E-state index is 12.7. The molecule has 7 nitrogen and oxygen atoms in total. The van der Waals surface area contributed by atoms with Crippen LogP contribution in [0.15, 0.2) is 30.7 Å². The maximum absolute atomic E-state index is 12.7. The highest BCUT2D eigenvalue weighted by atomic mass is 16.2. The van der Waals surface area contributed by atoms with Gasteiger partial charge in [-0.2, -0.15) is 0 Å². The van der Waals surface area contributed by atoms with Crippen molar-refractivity contribution in [1.29, 1.82) is 0 Å². The van der Waals surface area contributed by atoms with Crippen molar-refractivity contribution in [2.24, 2.45) is 0 Å². The van der Waals surface area contributed by atoms with Gasteiger partial charge in [0.2, 0.25) is 0 Å². The molecule has 24 heavy (non-hydrogen) atoms. The summed E-state index contributed by atoms with van der Waals surface area (Å²) in [5.41, 5.74) is 1.90. The summed E-state index contributed by atoms with van der Waals surface area (Å²) in [5, 5.41) is 0. The van der Waals surface area contributed by atoms with E-state index in [4.69, 9.17) is 0 Å². The molecule has 2 aromatic rings. The first kappa shape index (κ1) is 16.3. The van der Waals surface area contributed by atoms with Crippen molar-refractivity contribution in [3.63, 3.8) is 0 Å². The van der Waals surface area contributed by atoms with E-state index in [0.717, 1.165) is 37.6 Å². The fourth-order valence-corrected chi connectivity index (χ4v) is 2.72. The van der Waals surface area contributed by atoms with Gasteiger partial charge in [-0.15, -0.1) is 0 Å². The van der Waals surface area contributed by atoms with E-state index in [-0.39, 0.29) is 5.91 Å². The third-order valence-corrected chi connectivity index (χ3v) is 4.13. The third kappa shape index (κ3) is 3.35. The molecule has 0 unspecified atom stereocenters. The predicted molar refractivity (Wildman–Crippen MR) is 93.0 cm³/mol. The molecule has 0 atom stereocenters. The van der Waals surface area contributed by atoms with Gasteiger partial charge in [-0.1, -0.05) is 0 Å². The van der Waals surface area contributed by atoms with Gasteiger partial charge in [0.25, 0.3) is 5.91 Å². The lowest BCUT2D eigenvalue weighted by molar-refractivity contribution is 0.0658. The van der Waals surface area contributed by atoms with Crippen molar-refractivity contribution in [3.8, 4) is 11.3 Å². The van der Waals surface area contributed by atoms with Crippen LogP contribution in [0.25, 0.3) is 11.3 Å². The molecular formula is C17H22N6O. The molecule has 1 saturated heterocycles. The Kier molecular flexibility index (Phi) is 4.71. The molecule has 0 N–H and O–H groups in total. The molecule has 126 valence electrons. The summed E-state index contributed by atoms with van der Waals surface area (Å²) in [6, 6.07) is 3.80. The molecule has 3 rings (SSSR count). The van der Waals surface area contributed by atoms with Gasteiger partial charge >= 0.3 is 0 Å². The van der Waals surface area contributed by atoms with E-state index in [0.29, 0.717) is 11.4 Å². The van der Waals surface area contributed by atoms with Crippen molar-refractivity contribution in [2.45, 2.75) is 0 Å². The number of amides is 1. The Morgan fingerprint density at radius 3 is 2.62 bits per heavy atom. The Labute approximate surface area is 142 Å². The van der Waals surface area contributed by atoms with Crippen LogP contribution in [0.5, 0.6) is 0 Å². The molecule has 0 radical (unpaired) electrons. The molecule has 1 fully saturated rings. The number of piperazine rings is 1.